The van der Waals surface area contributed by atoms with Gasteiger partial charge in [0.05, 0.1) is 0 Å². The fourth-order valence-corrected chi connectivity index (χ4v) is 2.49. The summed E-state index contributed by atoms with van der Waals surface area (Å²) in [6, 6.07) is 6.56. The van der Waals surface area contributed by atoms with E-state index in [0.717, 1.165) is 0 Å². The molecule has 0 saturated heterocycles. The van der Waals surface area contributed by atoms with E-state index >= 15 is 0 Å². The van der Waals surface area contributed by atoms with Gasteiger partial charge >= 0.3 is 0 Å². The minimum atomic E-state index is 0.155. The van der Waals surface area contributed by atoms with Crippen LogP contribution in [0.15, 0.2) is 18.2 Å². The number of hydrogen-bond acceptors (Lipinski definition) is 1. The summed E-state index contributed by atoms with van der Waals surface area (Å²) in [7, 11) is 1.72. The lowest BCUT2D eigenvalue weighted by atomic mass is 9.87. The van der Waals surface area contributed by atoms with Crippen LogP contribution in [0.4, 0.5) is 0 Å². The number of nitrogens with one attached hydrogen (secondary N) is 1. The van der Waals surface area contributed by atoms with Crippen molar-refractivity contribution in [3.8, 4) is 0 Å². The Labute approximate surface area is 103 Å². The second-order valence-electron chi connectivity index (χ2n) is 5.18. The molecule has 0 heterocycles. The van der Waals surface area contributed by atoms with E-state index in [0.29, 0.717) is 18.3 Å². The minimum absolute atomic E-state index is 0.155. The molecular weight excluding hydrogens is 210 g/mol. The number of amides is 1. The van der Waals surface area contributed by atoms with Gasteiger partial charge in [0.1, 0.15) is 0 Å². The third-order valence-electron chi connectivity index (χ3n) is 3.71. The highest BCUT2D eigenvalue weighted by Gasteiger charge is 2.34. The van der Waals surface area contributed by atoms with E-state index in [4.69, 9.17) is 0 Å². The van der Waals surface area contributed by atoms with Crippen molar-refractivity contribution in [2.45, 2.75) is 39.0 Å². The summed E-state index contributed by atoms with van der Waals surface area (Å²) < 4.78 is 0. The molecule has 0 spiro atoms. The largest absolute Gasteiger partial charge is 0.359 e. The van der Waals surface area contributed by atoms with E-state index in [9.17, 15) is 4.79 Å². The summed E-state index contributed by atoms with van der Waals surface area (Å²) in [6.07, 6.45) is 3.18. The lowest BCUT2D eigenvalue weighted by molar-refractivity contribution is -0.121. The highest BCUT2D eigenvalue weighted by molar-refractivity contribution is 5.76. The molecular formula is C15H21NO. The molecule has 2 nitrogen and oxygen atoms in total. The summed E-state index contributed by atoms with van der Waals surface area (Å²) in [5, 5.41) is 2.74. The maximum absolute atomic E-state index is 11.6. The Hall–Kier alpha value is -1.31. The Morgan fingerprint density at radius 2 is 2.12 bits per heavy atom. The van der Waals surface area contributed by atoms with Gasteiger partial charge in [-0.3, -0.25) is 4.79 Å². The van der Waals surface area contributed by atoms with Gasteiger partial charge in [-0.25, -0.2) is 0 Å². The molecule has 0 aromatic heterocycles. The Bertz CT molecular complexity index is 421. The van der Waals surface area contributed by atoms with Crippen LogP contribution in [0.2, 0.25) is 0 Å². The number of carbonyl (C=O) groups excluding carboxylic acids is 1. The summed E-state index contributed by atoms with van der Waals surface area (Å²) in [5.74, 6) is 1.28. The number of rotatable bonds is 4. The first-order chi connectivity index (χ1) is 8.11. The van der Waals surface area contributed by atoms with E-state index in [1.165, 1.54) is 29.5 Å². The second kappa shape index (κ2) is 4.91. The fourth-order valence-electron chi connectivity index (χ4n) is 2.49. The van der Waals surface area contributed by atoms with Crippen LogP contribution in [0, 0.1) is 19.8 Å². The van der Waals surface area contributed by atoms with Crippen molar-refractivity contribution in [1.82, 2.24) is 5.32 Å². The van der Waals surface area contributed by atoms with Gasteiger partial charge in [-0.2, -0.15) is 0 Å². The molecule has 1 unspecified atom stereocenters. The fraction of sp³-hybridized carbons (Fsp3) is 0.533. The van der Waals surface area contributed by atoms with Crippen molar-refractivity contribution in [3.05, 3.63) is 34.9 Å². The maximum Gasteiger partial charge on any atom is 0.220 e. The van der Waals surface area contributed by atoms with Crippen LogP contribution in [0.3, 0.4) is 0 Å². The van der Waals surface area contributed by atoms with E-state index in [-0.39, 0.29) is 5.91 Å². The van der Waals surface area contributed by atoms with Crippen LogP contribution >= 0.6 is 0 Å². The topological polar surface area (TPSA) is 29.1 Å². The molecule has 1 amide bonds. The third kappa shape index (κ3) is 2.87. The van der Waals surface area contributed by atoms with Crippen molar-refractivity contribution in [3.63, 3.8) is 0 Å². The SMILES string of the molecule is CNC(=O)CC(c1cc(C)ccc1C)C1CC1. The van der Waals surface area contributed by atoms with E-state index in [2.05, 4.69) is 37.4 Å². The van der Waals surface area contributed by atoms with Gasteiger partial charge in [0.2, 0.25) is 5.91 Å². The highest BCUT2D eigenvalue weighted by atomic mass is 16.1. The molecule has 0 radical (unpaired) electrons. The van der Waals surface area contributed by atoms with Crippen molar-refractivity contribution in [2.75, 3.05) is 7.05 Å². The first-order valence-corrected chi connectivity index (χ1v) is 6.39. The quantitative estimate of drug-likeness (QED) is 0.848. The lowest BCUT2D eigenvalue weighted by Gasteiger charge is -2.19. The summed E-state index contributed by atoms with van der Waals surface area (Å²) in [6.45, 7) is 4.26. The Balaban J connectivity index is 2.25. The molecule has 1 aromatic carbocycles. The molecule has 2 rings (SSSR count). The molecule has 1 saturated carbocycles. The summed E-state index contributed by atoms with van der Waals surface area (Å²) in [5.41, 5.74) is 3.97. The van der Waals surface area contributed by atoms with Gasteiger partial charge in [-0.05, 0) is 49.7 Å². The van der Waals surface area contributed by atoms with E-state index in [1.807, 2.05) is 0 Å². The Morgan fingerprint density at radius 1 is 1.41 bits per heavy atom. The van der Waals surface area contributed by atoms with Crippen molar-refractivity contribution in [2.24, 2.45) is 5.92 Å². The van der Waals surface area contributed by atoms with Gasteiger partial charge < -0.3 is 5.32 Å². The first-order valence-electron chi connectivity index (χ1n) is 6.39. The molecule has 1 atom stereocenters. The number of carbonyl (C=O) groups is 1. The van der Waals surface area contributed by atoms with Crippen LogP contribution < -0.4 is 5.32 Å². The zero-order chi connectivity index (χ0) is 12.4. The van der Waals surface area contributed by atoms with Crippen molar-refractivity contribution >= 4 is 5.91 Å². The van der Waals surface area contributed by atoms with Gasteiger partial charge in [0.25, 0.3) is 0 Å². The molecule has 92 valence electrons. The minimum Gasteiger partial charge on any atom is -0.359 e. The predicted molar refractivity (Wildman–Crippen MR) is 70.1 cm³/mol. The predicted octanol–water partition coefficient (Wildman–Crippen LogP) is 2.93. The zero-order valence-corrected chi connectivity index (χ0v) is 10.9. The smallest absolute Gasteiger partial charge is 0.220 e. The standard InChI is InChI=1S/C15H21NO/c1-10-4-5-11(2)13(8-10)14(12-6-7-12)9-15(17)16-3/h4-5,8,12,14H,6-7,9H2,1-3H3,(H,16,17). The van der Waals surface area contributed by atoms with Gasteiger partial charge in [0, 0.05) is 13.5 Å². The maximum atomic E-state index is 11.6. The van der Waals surface area contributed by atoms with Gasteiger partial charge in [-0.15, -0.1) is 0 Å². The van der Waals surface area contributed by atoms with Crippen LogP contribution in [-0.2, 0) is 4.79 Å². The van der Waals surface area contributed by atoms with Crippen LogP contribution in [0.5, 0.6) is 0 Å². The molecule has 0 aliphatic heterocycles. The zero-order valence-electron chi connectivity index (χ0n) is 10.9. The summed E-state index contributed by atoms with van der Waals surface area (Å²) in [4.78, 5) is 11.6. The molecule has 17 heavy (non-hydrogen) atoms. The van der Waals surface area contributed by atoms with Crippen molar-refractivity contribution in [1.29, 1.82) is 0 Å². The first kappa shape index (κ1) is 12.2. The van der Waals surface area contributed by atoms with Gasteiger partial charge in [0.15, 0.2) is 0 Å². The molecule has 1 aromatic rings. The van der Waals surface area contributed by atoms with Crippen molar-refractivity contribution < 1.29 is 4.79 Å². The normalized spacial score (nSPS) is 16.6. The monoisotopic (exact) mass is 231 g/mol. The Morgan fingerprint density at radius 3 is 2.71 bits per heavy atom. The van der Waals surface area contributed by atoms with E-state index < -0.39 is 0 Å². The molecule has 2 heteroatoms. The number of hydrogen-bond donors (Lipinski definition) is 1. The molecule has 1 fully saturated rings. The summed E-state index contributed by atoms with van der Waals surface area (Å²) >= 11 is 0. The van der Waals surface area contributed by atoms with Gasteiger partial charge in [-0.1, -0.05) is 23.8 Å². The van der Waals surface area contributed by atoms with Crippen LogP contribution in [0.1, 0.15) is 41.9 Å². The van der Waals surface area contributed by atoms with Crippen LogP contribution in [0.25, 0.3) is 0 Å². The number of aryl methyl sites for hydroxylation is 2. The average Bonchev–Trinajstić information content (AvgIpc) is 3.13. The molecule has 1 aliphatic rings. The molecule has 1 N–H and O–H groups in total. The number of benzene rings is 1. The average molecular weight is 231 g/mol. The van der Waals surface area contributed by atoms with Crippen LogP contribution in [-0.4, -0.2) is 13.0 Å². The second-order valence-corrected chi connectivity index (χ2v) is 5.18. The lowest BCUT2D eigenvalue weighted by Crippen LogP contribution is -2.21. The third-order valence-corrected chi connectivity index (χ3v) is 3.71. The Kier molecular flexibility index (Phi) is 3.51. The van der Waals surface area contributed by atoms with E-state index in [1.54, 1.807) is 7.05 Å². The highest BCUT2D eigenvalue weighted by Crippen LogP contribution is 2.45. The molecule has 1 aliphatic carbocycles. The molecule has 0 bridgehead atoms.